The Morgan fingerprint density at radius 2 is 2.44 bits per heavy atom. The molecule has 0 aliphatic carbocycles. The molecular weight excluding hydrogens is 127 g/mol. The van der Waals surface area contributed by atoms with Crippen molar-refractivity contribution in [3.63, 3.8) is 0 Å². The monoisotopic (exact) mass is 136 g/mol. The minimum Gasteiger partial charge on any atom is -1.00 e. The molecule has 0 saturated heterocycles. The topological polar surface area (TPSA) is 52.9 Å². The smallest absolute Gasteiger partial charge is 1.00 e. The van der Waals surface area contributed by atoms with Crippen molar-refractivity contribution in [1.82, 2.24) is 5.32 Å². The molecule has 3 nitrogen and oxygen atoms in total. The third-order valence-electron chi connectivity index (χ3n) is 0.614. The first-order valence-electron chi connectivity index (χ1n) is 2.45. The van der Waals surface area contributed by atoms with Crippen molar-refractivity contribution in [1.29, 1.82) is 5.26 Å². The summed E-state index contributed by atoms with van der Waals surface area (Å²) in [4.78, 5) is 10.3. The predicted octanol–water partition coefficient (Wildman–Crippen LogP) is -2.85. The fourth-order valence-electron chi connectivity index (χ4n) is 0.331. The van der Waals surface area contributed by atoms with Crippen molar-refractivity contribution >= 4 is 5.91 Å². The van der Waals surface area contributed by atoms with Gasteiger partial charge in [-0.2, -0.15) is 5.26 Å². The molecule has 0 aromatic heterocycles. The maximum atomic E-state index is 10.3. The van der Waals surface area contributed by atoms with Gasteiger partial charge in [0, 0.05) is 6.54 Å². The SMILES string of the molecule is CCNC(=O)CC#N.[H-].[Na+]. The van der Waals surface area contributed by atoms with Gasteiger partial charge in [0.25, 0.3) is 0 Å². The van der Waals surface area contributed by atoms with E-state index < -0.39 is 0 Å². The van der Waals surface area contributed by atoms with Crippen LogP contribution < -0.4 is 34.9 Å². The van der Waals surface area contributed by atoms with Gasteiger partial charge < -0.3 is 6.74 Å². The van der Waals surface area contributed by atoms with Crippen LogP contribution >= 0.6 is 0 Å². The Morgan fingerprint density at radius 1 is 1.89 bits per heavy atom. The average molecular weight is 136 g/mol. The molecule has 0 radical (unpaired) electrons. The van der Waals surface area contributed by atoms with E-state index in [9.17, 15) is 4.79 Å². The standard InChI is InChI=1S/C5H8N2O.Na.H/c1-2-7-5(8)3-4-6;;/h2-3H2,1H3,(H,7,8);;/q;+1;-1. The van der Waals surface area contributed by atoms with Crippen LogP contribution in [0.1, 0.15) is 14.8 Å². The summed E-state index contributed by atoms with van der Waals surface area (Å²) in [6.07, 6.45) is -0.0339. The number of hydrogen-bond donors (Lipinski definition) is 1. The van der Waals surface area contributed by atoms with Crippen molar-refractivity contribution in [2.45, 2.75) is 13.3 Å². The van der Waals surface area contributed by atoms with E-state index in [-0.39, 0.29) is 43.3 Å². The van der Waals surface area contributed by atoms with Crippen molar-refractivity contribution in [3.05, 3.63) is 0 Å². The van der Waals surface area contributed by atoms with E-state index in [1.165, 1.54) is 0 Å². The quantitative estimate of drug-likeness (QED) is 0.415. The van der Waals surface area contributed by atoms with Crippen LogP contribution in [0.3, 0.4) is 0 Å². The second kappa shape index (κ2) is 7.96. The van der Waals surface area contributed by atoms with Crippen molar-refractivity contribution in [2.75, 3.05) is 6.54 Å². The molecule has 46 valence electrons. The van der Waals surface area contributed by atoms with Crippen LogP contribution in [0.2, 0.25) is 0 Å². The van der Waals surface area contributed by atoms with Crippen LogP contribution in [0.4, 0.5) is 0 Å². The normalized spacial score (nSPS) is 6.67. The summed E-state index contributed by atoms with van der Waals surface area (Å²) >= 11 is 0. The molecule has 1 N–H and O–H groups in total. The van der Waals surface area contributed by atoms with Crippen LogP contribution in [0.5, 0.6) is 0 Å². The summed E-state index contributed by atoms with van der Waals surface area (Å²) in [7, 11) is 0. The Balaban J connectivity index is -0.000000245. The number of rotatable bonds is 2. The first-order chi connectivity index (χ1) is 3.81. The van der Waals surface area contributed by atoms with Gasteiger partial charge >= 0.3 is 29.6 Å². The summed E-state index contributed by atoms with van der Waals surface area (Å²) in [6.45, 7) is 2.41. The summed E-state index contributed by atoms with van der Waals surface area (Å²) < 4.78 is 0. The van der Waals surface area contributed by atoms with Crippen LogP contribution in [0.15, 0.2) is 0 Å². The van der Waals surface area contributed by atoms with E-state index in [4.69, 9.17) is 5.26 Å². The largest absolute Gasteiger partial charge is 1.00 e. The maximum absolute atomic E-state index is 10.3. The summed E-state index contributed by atoms with van der Waals surface area (Å²) in [5, 5.41) is 10.4. The second-order valence-corrected chi connectivity index (χ2v) is 1.29. The second-order valence-electron chi connectivity index (χ2n) is 1.29. The number of amides is 1. The minimum atomic E-state index is -0.199. The van der Waals surface area contributed by atoms with Gasteiger partial charge in [-0.15, -0.1) is 0 Å². The van der Waals surface area contributed by atoms with E-state index in [0.717, 1.165) is 0 Å². The number of nitrogens with one attached hydrogen (secondary N) is 1. The average Bonchev–Trinajstić information content (AvgIpc) is 1.68. The molecular formula is C5H9N2NaO. The van der Waals surface area contributed by atoms with Gasteiger partial charge in [0.15, 0.2) is 0 Å². The molecule has 0 bridgehead atoms. The zero-order chi connectivity index (χ0) is 6.41. The molecule has 0 aromatic carbocycles. The van der Waals surface area contributed by atoms with Gasteiger partial charge in [0.1, 0.15) is 6.42 Å². The molecule has 0 heterocycles. The number of nitrogens with zero attached hydrogens (tertiary/aromatic N) is 1. The number of nitriles is 1. The molecule has 0 fully saturated rings. The van der Waals surface area contributed by atoms with Crippen LogP contribution in [0.25, 0.3) is 0 Å². The van der Waals surface area contributed by atoms with E-state index >= 15 is 0 Å². The predicted molar refractivity (Wildman–Crippen MR) is 30.0 cm³/mol. The van der Waals surface area contributed by atoms with Gasteiger partial charge in [-0.05, 0) is 6.92 Å². The molecule has 0 aliphatic rings. The fraction of sp³-hybridized carbons (Fsp3) is 0.600. The molecule has 0 atom stereocenters. The Bertz CT molecular complexity index is 123. The van der Waals surface area contributed by atoms with E-state index in [0.29, 0.717) is 6.54 Å². The molecule has 0 aliphatic heterocycles. The van der Waals surface area contributed by atoms with E-state index in [1.807, 2.05) is 6.92 Å². The Labute approximate surface area is 78.2 Å². The zero-order valence-electron chi connectivity index (χ0n) is 6.77. The van der Waals surface area contributed by atoms with Crippen molar-refractivity contribution in [2.24, 2.45) is 0 Å². The van der Waals surface area contributed by atoms with Crippen molar-refractivity contribution in [3.8, 4) is 6.07 Å². The van der Waals surface area contributed by atoms with E-state index in [2.05, 4.69) is 5.32 Å². The third kappa shape index (κ3) is 7.96. The first-order valence-corrected chi connectivity index (χ1v) is 2.45. The van der Waals surface area contributed by atoms with Crippen LogP contribution in [0, 0.1) is 11.3 Å². The molecule has 4 heteroatoms. The number of carbonyl (C=O) groups is 1. The van der Waals surface area contributed by atoms with Gasteiger partial charge in [0.05, 0.1) is 6.07 Å². The Hall–Kier alpha value is -0.0400. The minimum absolute atomic E-state index is 0. The summed E-state index contributed by atoms with van der Waals surface area (Å²) in [5.41, 5.74) is 0. The molecule has 0 saturated carbocycles. The molecule has 0 spiro atoms. The van der Waals surface area contributed by atoms with Crippen LogP contribution in [-0.2, 0) is 4.79 Å². The van der Waals surface area contributed by atoms with Crippen LogP contribution in [-0.4, -0.2) is 12.5 Å². The molecule has 0 unspecified atom stereocenters. The fourth-order valence-corrected chi connectivity index (χ4v) is 0.331. The zero-order valence-corrected chi connectivity index (χ0v) is 7.77. The maximum Gasteiger partial charge on any atom is 1.00 e. The molecule has 0 rings (SSSR count). The summed E-state index contributed by atoms with van der Waals surface area (Å²) in [6, 6.07) is 1.74. The molecule has 0 aromatic rings. The molecule has 1 amide bonds. The third-order valence-corrected chi connectivity index (χ3v) is 0.614. The van der Waals surface area contributed by atoms with Crippen molar-refractivity contribution < 1.29 is 35.8 Å². The first kappa shape index (κ1) is 11.7. The number of hydrogen-bond acceptors (Lipinski definition) is 2. The van der Waals surface area contributed by atoms with Gasteiger partial charge in [-0.25, -0.2) is 0 Å². The Morgan fingerprint density at radius 3 is 2.78 bits per heavy atom. The van der Waals surface area contributed by atoms with Gasteiger partial charge in [0.2, 0.25) is 5.91 Å². The Kier molecular flexibility index (Phi) is 10.4. The molecule has 9 heavy (non-hydrogen) atoms. The van der Waals surface area contributed by atoms with Gasteiger partial charge in [-0.1, -0.05) is 0 Å². The summed E-state index contributed by atoms with van der Waals surface area (Å²) in [5.74, 6) is -0.199. The van der Waals surface area contributed by atoms with Gasteiger partial charge in [-0.3, -0.25) is 4.79 Å². The number of carbonyl (C=O) groups excluding carboxylic acids is 1. The van der Waals surface area contributed by atoms with E-state index in [1.54, 1.807) is 6.07 Å².